The molecular weight excluding hydrogens is 176 g/mol. The van der Waals surface area contributed by atoms with Gasteiger partial charge in [0.25, 0.3) is 0 Å². The maximum absolute atomic E-state index is 10.1. The third-order valence-corrected chi connectivity index (χ3v) is 3.11. The van der Waals surface area contributed by atoms with Crippen LogP contribution in [0.1, 0.15) is 27.7 Å². The highest BCUT2D eigenvalue weighted by atomic mass is 16.3. The van der Waals surface area contributed by atoms with Gasteiger partial charge >= 0.3 is 0 Å². The van der Waals surface area contributed by atoms with Crippen LogP contribution in [0.15, 0.2) is 23.4 Å². The van der Waals surface area contributed by atoms with Crippen molar-refractivity contribution in [2.45, 2.75) is 39.3 Å². The Balaban J connectivity index is 3.23. The number of rotatable bonds is 0. The summed E-state index contributed by atoms with van der Waals surface area (Å²) in [5.41, 5.74) is 12.4. The van der Waals surface area contributed by atoms with Crippen LogP contribution in [0.4, 0.5) is 0 Å². The van der Waals surface area contributed by atoms with Crippen LogP contribution < -0.4 is 11.5 Å². The molecule has 0 fully saturated rings. The van der Waals surface area contributed by atoms with Crippen LogP contribution in [-0.4, -0.2) is 16.7 Å². The van der Waals surface area contributed by atoms with Gasteiger partial charge in [-0.25, -0.2) is 0 Å². The van der Waals surface area contributed by atoms with Crippen molar-refractivity contribution in [1.82, 2.24) is 0 Å². The summed E-state index contributed by atoms with van der Waals surface area (Å²) in [6.45, 7) is 7.81. The van der Waals surface area contributed by atoms with E-state index in [4.69, 9.17) is 11.5 Å². The Morgan fingerprint density at radius 1 is 1.36 bits per heavy atom. The summed E-state index contributed by atoms with van der Waals surface area (Å²) >= 11 is 0. The lowest BCUT2D eigenvalue weighted by Gasteiger charge is -2.47. The van der Waals surface area contributed by atoms with Gasteiger partial charge in [-0.2, -0.15) is 0 Å². The fourth-order valence-electron chi connectivity index (χ4n) is 1.81. The Labute approximate surface area is 85.5 Å². The van der Waals surface area contributed by atoms with Crippen LogP contribution in [0.25, 0.3) is 0 Å². The maximum atomic E-state index is 10.1. The standard InChI is InChI=1S/C11H20N2O/c1-7-5-6-8(12)11(13,9(7)14)10(2,3)4/h5-6,9,14H,12-13H2,1-4H3. The Kier molecular flexibility index (Phi) is 2.50. The Morgan fingerprint density at radius 3 is 2.21 bits per heavy atom. The highest BCUT2D eigenvalue weighted by Gasteiger charge is 2.48. The van der Waals surface area contributed by atoms with Crippen molar-refractivity contribution in [3.63, 3.8) is 0 Å². The zero-order chi connectivity index (χ0) is 11.1. The van der Waals surface area contributed by atoms with Gasteiger partial charge in [0.1, 0.15) is 0 Å². The summed E-state index contributed by atoms with van der Waals surface area (Å²) in [4.78, 5) is 0. The normalized spacial score (nSPS) is 33.7. The van der Waals surface area contributed by atoms with Gasteiger partial charge < -0.3 is 16.6 Å². The minimum Gasteiger partial charge on any atom is -0.400 e. The van der Waals surface area contributed by atoms with Crippen molar-refractivity contribution in [3.8, 4) is 0 Å². The third-order valence-electron chi connectivity index (χ3n) is 3.11. The van der Waals surface area contributed by atoms with Crippen molar-refractivity contribution < 1.29 is 5.11 Å². The lowest BCUT2D eigenvalue weighted by molar-refractivity contribution is 0.0604. The molecule has 2 unspecified atom stereocenters. The van der Waals surface area contributed by atoms with Crippen molar-refractivity contribution >= 4 is 0 Å². The largest absolute Gasteiger partial charge is 0.400 e. The number of aliphatic hydroxyl groups is 1. The second-order valence-corrected chi connectivity index (χ2v) is 5.05. The van der Waals surface area contributed by atoms with Gasteiger partial charge in [-0.15, -0.1) is 0 Å². The SMILES string of the molecule is CC1=CC=C(N)C(N)(C(C)(C)C)C1O. The van der Waals surface area contributed by atoms with Gasteiger partial charge in [-0.3, -0.25) is 0 Å². The molecule has 0 bridgehead atoms. The molecule has 0 saturated heterocycles. The van der Waals surface area contributed by atoms with Crippen LogP contribution in [0.2, 0.25) is 0 Å². The lowest BCUT2D eigenvalue weighted by Crippen LogP contribution is -2.64. The third kappa shape index (κ3) is 1.37. The van der Waals surface area contributed by atoms with Gasteiger partial charge in [0.2, 0.25) is 0 Å². The monoisotopic (exact) mass is 196 g/mol. The van der Waals surface area contributed by atoms with Gasteiger partial charge in [0.15, 0.2) is 0 Å². The summed E-state index contributed by atoms with van der Waals surface area (Å²) in [5, 5.41) is 10.1. The smallest absolute Gasteiger partial charge is 0.0991 e. The van der Waals surface area contributed by atoms with Crippen LogP contribution >= 0.6 is 0 Å². The first-order chi connectivity index (χ1) is 6.21. The molecule has 0 amide bonds. The predicted octanol–water partition coefficient (Wildman–Crippen LogP) is 0.893. The van der Waals surface area contributed by atoms with Crippen molar-refractivity contribution in [2.24, 2.45) is 16.9 Å². The minimum atomic E-state index is -0.869. The Hall–Kier alpha value is -0.800. The summed E-state index contributed by atoms with van der Waals surface area (Å²) in [5.74, 6) is 0. The van der Waals surface area contributed by atoms with E-state index in [0.29, 0.717) is 5.70 Å². The molecule has 0 radical (unpaired) electrons. The molecule has 0 saturated carbocycles. The van der Waals surface area contributed by atoms with E-state index in [2.05, 4.69) is 0 Å². The van der Waals surface area contributed by atoms with E-state index < -0.39 is 11.6 Å². The first-order valence-corrected chi connectivity index (χ1v) is 4.82. The first-order valence-electron chi connectivity index (χ1n) is 4.82. The van der Waals surface area contributed by atoms with Crippen LogP contribution in [0.5, 0.6) is 0 Å². The van der Waals surface area contributed by atoms with Crippen molar-refractivity contribution in [2.75, 3.05) is 0 Å². The van der Waals surface area contributed by atoms with E-state index in [0.717, 1.165) is 5.57 Å². The first kappa shape index (κ1) is 11.3. The zero-order valence-electron chi connectivity index (χ0n) is 9.33. The number of nitrogens with two attached hydrogens (primary N) is 2. The second kappa shape index (κ2) is 3.11. The van der Waals surface area contributed by atoms with Gasteiger partial charge in [-0.1, -0.05) is 26.8 Å². The summed E-state index contributed by atoms with van der Waals surface area (Å²) < 4.78 is 0. The molecule has 80 valence electrons. The highest BCUT2D eigenvalue weighted by Crippen LogP contribution is 2.39. The molecule has 2 atom stereocenters. The average Bonchev–Trinajstić information content (AvgIpc) is 2.06. The van der Waals surface area contributed by atoms with E-state index in [1.807, 2.05) is 33.8 Å². The summed E-state index contributed by atoms with van der Waals surface area (Å²) in [7, 11) is 0. The van der Waals surface area contributed by atoms with E-state index in [1.54, 1.807) is 6.08 Å². The Morgan fingerprint density at radius 2 is 1.86 bits per heavy atom. The fourth-order valence-corrected chi connectivity index (χ4v) is 1.81. The van der Waals surface area contributed by atoms with Gasteiger partial charge in [0.05, 0.1) is 11.6 Å². The molecule has 1 aliphatic carbocycles. The Bertz CT molecular complexity index is 299. The molecule has 0 heterocycles. The topological polar surface area (TPSA) is 72.3 Å². The molecule has 3 nitrogen and oxygen atoms in total. The average molecular weight is 196 g/mol. The molecule has 0 aromatic rings. The molecule has 14 heavy (non-hydrogen) atoms. The number of hydrogen-bond acceptors (Lipinski definition) is 3. The van der Waals surface area contributed by atoms with E-state index in [-0.39, 0.29) is 5.41 Å². The molecular formula is C11H20N2O. The zero-order valence-corrected chi connectivity index (χ0v) is 9.33. The second-order valence-electron chi connectivity index (χ2n) is 5.05. The maximum Gasteiger partial charge on any atom is 0.0991 e. The molecule has 5 N–H and O–H groups in total. The fraction of sp³-hybridized carbons (Fsp3) is 0.636. The minimum absolute atomic E-state index is 0.275. The molecule has 0 aromatic heterocycles. The van der Waals surface area contributed by atoms with Crippen molar-refractivity contribution in [1.29, 1.82) is 0 Å². The van der Waals surface area contributed by atoms with E-state index in [9.17, 15) is 5.11 Å². The number of hydrogen-bond donors (Lipinski definition) is 3. The molecule has 0 aromatic carbocycles. The quantitative estimate of drug-likeness (QED) is 0.539. The van der Waals surface area contributed by atoms with Crippen LogP contribution in [0.3, 0.4) is 0 Å². The number of allylic oxidation sites excluding steroid dienone is 2. The molecule has 3 heteroatoms. The van der Waals surface area contributed by atoms with E-state index in [1.165, 1.54) is 0 Å². The molecule has 0 aliphatic heterocycles. The van der Waals surface area contributed by atoms with Crippen molar-refractivity contribution in [3.05, 3.63) is 23.4 Å². The summed E-state index contributed by atoms with van der Waals surface area (Å²) in [6.07, 6.45) is 2.90. The molecule has 0 spiro atoms. The predicted molar refractivity (Wildman–Crippen MR) is 58.4 cm³/mol. The van der Waals surface area contributed by atoms with Gasteiger partial charge in [-0.05, 0) is 24.0 Å². The molecule has 1 rings (SSSR count). The van der Waals surface area contributed by atoms with E-state index >= 15 is 0 Å². The lowest BCUT2D eigenvalue weighted by atomic mass is 9.65. The van der Waals surface area contributed by atoms with Crippen LogP contribution in [0, 0.1) is 5.41 Å². The molecule has 1 aliphatic rings. The van der Waals surface area contributed by atoms with Gasteiger partial charge in [0, 0.05) is 5.70 Å². The number of aliphatic hydroxyl groups excluding tert-OH is 1. The van der Waals surface area contributed by atoms with Crippen LogP contribution in [-0.2, 0) is 0 Å². The summed E-state index contributed by atoms with van der Waals surface area (Å²) in [6, 6.07) is 0. The highest BCUT2D eigenvalue weighted by molar-refractivity contribution is 5.38.